The van der Waals surface area contributed by atoms with Crippen LogP contribution in [0, 0.1) is 5.92 Å². The Kier molecular flexibility index (Phi) is 7.29. The standard InChI is InChI=1S/C13H25N3O.HI/c1-10-4-2-3-5-12(10)17-9-8-15-13(14)16-11-6-7-11;/h10-12H,2-9H2,1H3,(H3,14,15,16);1H. The molecule has 0 bridgehead atoms. The van der Waals surface area contributed by atoms with Crippen molar-refractivity contribution in [2.24, 2.45) is 16.6 Å². The summed E-state index contributed by atoms with van der Waals surface area (Å²) in [5.41, 5.74) is 5.74. The number of nitrogens with zero attached hydrogens (tertiary/aromatic N) is 1. The molecule has 2 fully saturated rings. The average molecular weight is 367 g/mol. The maximum atomic E-state index is 5.88. The number of hydrogen-bond donors (Lipinski definition) is 2. The van der Waals surface area contributed by atoms with Gasteiger partial charge in [0.25, 0.3) is 0 Å². The lowest BCUT2D eigenvalue weighted by Gasteiger charge is -2.28. The molecule has 0 spiro atoms. The third-order valence-electron chi connectivity index (χ3n) is 3.67. The minimum atomic E-state index is 0. The normalized spacial score (nSPS) is 28.6. The SMILES string of the molecule is CC1CCCCC1OCCN=C(N)NC1CC1.I. The van der Waals surface area contributed by atoms with Crippen molar-refractivity contribution in [2.75, 3.05) is 13.2 Å². The van der Waals surface area contributed by atoms with E-state index in [2.05, 4.69) is 17.2 Å². The van der Waals surface area contributed by atoms with Gasteiger partial charge in [-0.25, -0.2) is 0 Å². The summed E-state index contributed by atoms with van der Waals surface area (Å²) in [6.45, 7) is 3.66. The molecule has 5 heteroatoms. The summed E-state index contributed by atoms with van der Waals surface area (Å²) < 4.78 is 5.88. The quantitative estimate of drug-likeness (QED) is 0.339. The molecule has 0 aromatic heterocycles. The molecule has 0 aromatic rings. The predicted molar refractivity (Wildman–Crippen MR) is 85.4 cm³/mol. The van der Waals surface area contributed by atoms with Crippen molar-refractivity contribution >= 4 is 29.9 Å². The highest BCUT2D eigenvalue weighted by Crippen LogP contribution is 2.26. The summed E-state index contributed by atoms with van der Waals surface area (Å²) in [6, 6.07) is 0.582. The van der Waals surface area contributed by atoms with E-state index in [1.807, 2.05) is 0 Å². The first kappa shape index (κ1) is 16.0. The number of guanidine groups is 1. The van der Waals surface area contributed by atoms with Crippen molar-refractivity contribution in [3.63, 3.8) is 0 Å². The van der Waals surface area contributed by atoms with Crippen molar-refractivity contribution in [3.8, 4) is 0 Å². The first-order chi connectivity index (χ1) is 8.25. The second kappa shape index (κ2) is 8.19. The lowest BCUT2D eigenvalue weighted by atomic mass is 9.88. The van der Waals surface area contributed by atoms with Crippen LogP contribution in [0.5, 0.6) is 0 Å². The molecule has 18 heavy (non-hydrogen) atoms. The topological polar surface area (TPSA) is 59.6 Å². The van der Waals surface area contributed by atoms with Crippen LogP contribution >= 0.6 is 24.0 Å². The van der Waals surface area contributed by atoms with E-state index in [4.69, 9.17) is 10.5 Å². The highest BCUT2D eigenvalue weighted by Gasteiger charge is 2.22. The Morgan fingerprint density at radius 1 is 1.28 bits per heavy atom. The van der Waals surface area contributed by atoms with Gasteiger partial charge in [-0.15, -0.1) is 24.0 Å². The number of ether oxygens (including phenoxy) is 1. The summed E-state index contributed by atoms with van der Waals surface area (Å²) in [4.78, 5) is 4.27. The van der Waals surface area contributed by atoms with Crippen molar-refractivity contribution in [3.05, 3.63) is 0 Å². The van der Waals surface area contributed by atoms with Crippen LogP contribution in [0.25, 0.3) is 0 Å². The lowest BCUT2D eigenvalue weighted by Crippen LogP contribution is -2.34. The van der Waals surface area contributed by atoms with E-state index in [9.17, 15) is 0 Å². The number of halogens is 1. The maximum Gasteiger partial charge on any atom is 0.188 e. The molecule has 2 saturated carbocycles. The molecule has 2 atom stereocenters. The number of aliphatic imine (C=N–C) groups is 1. The molecule has 3 N–H and O–H groups in total. The Labute approximate surface area is 127 Å². The fourth-order valence-corrected chi connectivity index (χ4v) is 2.38. The summed E-state index contributed by atoms with van der Waals surface area (Å²) in [7, 11) is 0. The van der Waals surface area contributed by atoms with E-state index in [0.29, 0.717) is 37.2 Å². The van der Waals surface area contributed by atoms with E-state index < -0.39 is 0 Å². The summed E-state index contributed by atoms with van der Waals surface area (Å²) >= 11 is 0. The number of nitrogens with one attached hydrogen (secondary N) is 1. The van der Waals surface area contributed by atoms with Crippen LogP contribution in [0.3, 0.4) is 0 Å². The van der Waals surface area contributed by atoms with E-state index >= 15 is 0 Å². The van der Waals surface area contributed by atoms with Crippen LogP contribution in [-0.2, 0) is 4.74 Å². The third-order valence-corrected chi connectivity index (χ3v) is 3.67. The van der Waals surface area contributed by atoms with Gasteiger partial charge in [-0.3, -0.25) is 4.99 Å². The van der Waals surface area contributed by atoms with E-state index in [1.165, 1.54) is 38.5 Å². The Balaban J connectivity index is 0.00000162. The lowest BCUT2D eigenvalue weighted by molar-refractivity contribution is -0.000655. The number of rotatable bonds is 5. The molecule has 0 saturated heterocycles. The number of nitrogens with two attached hydrogens (primary N) is 1. The van der Waals surface area contributed by atoms with Crippen molar-refractivity contribution in [2.45, 2.75) is 57.6 Å². The van der Waals surface area contributed by atoms with Crippen LogP contribution in [0.2, 0.25) is 0 Å². The predicted octanol–water partition coefficient (Wildman–Crippen LogP) is 2.27. The largest absolute Gasteiger partial charge is 0.376 e. The Morgan fingerprint density at radius 3 is 2.67 bits per heavy atom. The molecule has 4 nitrogen and oxygen atoms in total. The zero-order chi connectivity index (χ0) is 12.1. The molecular weight excluding hydrogens is 341 g/mol. The highest BCUT2D eigenvalue weighted by atomic mass is 127. The van der Waals surface area contributed by atoms with Crippen LogP contribution in [-0.4, -0.2) is 31.3 Å². The van der Waals surface area contributed by atoms with Gasteiger partial charge in [-0.1, -0.05) is 19.8 Å². The Bertz CT molecular complexity index is 269. The first-order valence-electron chi connectivity index (χ1n) is 6.94. The van der Waals surface area contributed by atoms with Crippen molar-refractivity contribution < 1.29 is 4.74 Å². The molecule has 0 heterocycles. The maximum absolute atomic E-state index is 5.88. The number of hydrogen-bond acceptors (Lipinski definition) is 2. The molecule has 0 amide bonds. The van der Waals surface area contributed by atoms with Gasteiger partial charge < -0.3 is 15.8 Å². The highest BCUT2D eigenvalue weighted by molar-refractivity contribution is 14.0. The van der Waals surface area contributed by atoms with Gasteiger partial charge in [0.2, 0.25) is 0 Å². The third kappa shape index (κ3) is 5.73. The minimum Gasteiger partial charge on any atom is -0.376 e. The molecule has 2 rings (SSSR count). The average Bonchev–Trinajstić information content (AvgIpc) is 3.10. The van der Waals surface area contributed by atoms with Crippen molar-refractivity contribution in [1.29, 1.82) is 0 Å². The Morgan fingerprint density at radius 2 is 2.00 bits per heavy atom. The van der Waals surface area contributed by atoms with E-state index in [1.54, 1.807) is 0 Å². The zero-order valence-corrected chi connectivity index (χ0v) is 13.6. The van der Waals surface area contributed by atoms with Crippen LogP contribution < -0.4 is 11.1 Å². The van der Waals surface area contributed by atoms with Gasteiger partial charge >= 0.3 is 0 Å². The van der Waals surface area contributed by atoms with E-state index in [0.717, 1.165) is 0 Å². The second-order valence-electron chi connectivity index (χ2n) is 5.36. The van der Waals surface area contributed by atoms with Crippen LogP contribution in [0.1, 0.15) is 45.4 Å². The van der Waals surface area contributed by atoms with Crippen molar-refractivity contribution in [1.82, 2.24) is 5.32 Å². The molecule has 0 aromatic carbocycles. The molecule has 2 aliphatic rings. The smallest absolute Gasteiger partial charge is 0.188 e. The fourth-order valence-electron chi connectivity index (χ4n) is 2.38. The van der Waals surface area contributed by atoms with Gasteiger partial charge in [0.1, 0.15) is 0 Å². The first-order valence-corrected chi connectivity index (χ1v) is 6.94. The van der Waals surface area contributed by atoms with Gasteiger partial charge in [-0.05, 0) is 31.6 Å². The van der Waals surface area contributed by atoms with Gasteiger partial charge in [0.15, 0.2) is 5.96 Å². The fraction of sp³-hybridized carbons (Fsp3) is 0.923. The van der Waals surface area contributed by atoms with Crippen LogP contribution in [0.15, 0.2) is 4.99 Å². The van der Waals surface area contributed by atoms with Crippen LogP contribution in [0.4, 0.5) is 0 Å². The molecular formula is C13H26IN3O. The monoisotopic (exact) mass is 367 g/mol. The minimum absolute atomic E-state index is 0. The van der Waals surface area contributed by atoms with Gasteiger partial charge in [0, 0.05) is 6.04 Å². The van der Waals surface area contributed by atoms with Gasteiger partial charge in [-0.2, -0.15) is 0 Å². The molecule has 2 aliphatic carbocycles. The Hall–Kier alpha value is -0.0400. The summed E-state index contributed by atoms with van der Waals surface area (Å²) in [5, 5.41) is 3.17. The zero-order valence-electron chi connectivity index (χ0n) is 11.2. The van der Waals surface area contributed by atoms with E-state index in [-0.39, 0.29) is 24.0 Å². The molecule has 106 valence electrons. The summed E-state index contributed by atoms with van der Waals surface area (Å²) in [5.74, 6) is 1.28. The molecule has 0 aliphatic heterocycles. The van der Waals surface area contributed by atoms with Gasteiger partial charge in [0.05, 0.1) is 19.3 Å². The summed E-state index contributed by atoms with van der Waals surface area (Å²) in [6.07, 6.45) is 8.08. The molecule has 0 radical (unpaired) electrons. The molecule has 2 unspecified atom stereocenters. The second-order valence-corrected chi connectivity index (χ2v) is 5.36.